The molecule has 0 aliphatic carbocycles. The molecule has 8 nitrogen and oxygen atoms in total. The van der Waals surface area contributed by atoms with E-state index in [2.05, 4.69) is 14.9 Å². The molecule has 150 valence electrons. The van der Waals surface area contributed by atoms with Gasteiger partial charge in [0.1, 0.15) is 6.54 Å². The third-order valence-corrected chi connectivity index (χ3v) is 5.03. The Balaban J connectivity index is 1.42. The molecule has 1 aliphatic rings. The van der Waals surface area contributed by atoms with Crippen LogP contribution in [0.5, 0.6) is 0 Å². The minimum Gasteiger partial charge on any atom is -0.408 e. The highest BCUT2D eigenvalue weighted by Crippen LogP contribution is 2.18. The first-order valence-corrected chi connectivity index (χ1v) is 9.67. The molecule has 29 heavy (non-hydrogen) atoms. The number of nitrogens with zero attached hydrogens (tertiary/aromatic N) is 5. The highest BCUT2D eigenvalue weighted by molar-refractivity contribution is 5.76. The lowest BCUT2D eigenvalue weighted by atomic mass is 10.1. The molecule has 1 aromatic carbocycles. The van der Waals surface area contributed by atoms with Crippen molar-refractivity contribution in [2.45, 2.75) is 19.9 Å². The van der Waals surface area contributed by atoms with E-state index < -0.39 is 5.76 Å². The molecule has 3 aromatic rings. The Hall–Kier alpha value is -3.42. The number of rotatable bonds is 4. The van der Waals surface area contributed by atoms with Crippen molar-refractivity contribution in [3.8, 4) is 11.3 Å². The topological polar surface area (TPSA) is 84.5 Å². The monoisotopic (exact) mass is 393 g/mol. The molecule has 0 atom stereocenters. The van der Waals surface area contributed by atoms with Gasteiger partial charge in [-0.05, 0) is 19.4 Å². The normalized spacial score (nSPS) is 14.7. The Labute approximate surface area is 168 Å². The summed E-state index contributed by atoms with van der Waals surface area (Å²) in [6, 6.07) is 9.49. The predicted octanol–water partition coefficient (Wildman–Crippen LogP) is 1.95. The Kier molecular flexibility index (Phi) is 5.41. The number of hydrogen-bond acceptors (Lipinski definition) is 6. The first kappa shape index (κ1) is 18.9. The number of oxazole rings is 1. The third kappa shape index (κ3) is 4.37. The van der Waals surface area contributed by atoms with Gasteiger partial charge in [0.05, 0.1) is 6.20 Å². The molecule has 0 bridgehead atoms. The van der Waals surface area contributed by atoms with Crippen LogP contribution in [0.3, 0.4) is 0 Å². The van der Waals surface area contributed by atoms with E-state index in [1.165, 1.54) is 4.57 Å². The number of benzene rings is 1. The number of carbonyl (C=O) groups is 1. The van der Waals surface area contributed by atoms with Crippen LogP contribution in [-0.4, -0.2) is 51.5 Å². The van der Waals surface area contributed by atoms with E-state index in [9.17, 15) is 9.59 Å². The van der Waals surface area contributed by atoms with Gasteiger partial charge in [-0.3, -0.25) is 9.36 Å². The van der Waals surface area contributed by atoms with E-state index in [1.54, 1.807) is 29.6 Å². The van der Waals surface area contributed by atoms with E-state index >= 15 is 0 Å². The average Bonchev–Trinajstić information content (AvgIpc) is 2.94. The summed E-state index contributed by atoms with van der Waals surface area (Å²) in [6.07, 6.45) is 5.85. The van der Waals surface area contributed by atoms with Crippen molar-refractivity contribution in [1.29, 1.82) is 0 Å². The van der Waals surface area contributed by atoms with Gasteiger partial charge >= 0.3 is 5.76 Å². The molecule has 2 aromatic heterocycles. The summed E-state index contributed by atoms with van der Waals surface area (Å²) >= 11 is 0. The van der Waals surface area contributed by atoms with Crippen LogP contribution >= 0.6 is 0 Å². The molecule has 0 N–H and O–H groups in total. The summed E-state index contributed by atoms with van der Waals surface area (Å²) < 4.78 is 6.67. The van der Waals surface area contributed by atoms with E-state index in [1.807, 2.05) is 31.2 Å². The van der Waals surface area contributed by atoms with E-state index in [4.69, 9.17) is 4.42 Å². The summed E-state index contributed by atoms with van der Waals surface area (Å²) in [6.45, 7) is 4.61. The molecule has 1 amide bonds. The van der Waals surface area contributed by atoms with Crippen LogP contribution in [0.2, 0.25) is 0 Å². The van der Waals surface area contributed by atoms with Gasteiger partial charge in [-0.1, -0.05) is 29.8 Å². The maximum atomic E-state index is 12.8. The van der Waals surface area contributed by atoms with Gasteiger partial charge in [-0.25, -0.2) is 14.8 Å². The molecule has 1 aliphatic heterocycles. The quantitative estimate of drug-likeness (QED) is 0.674. The SMILES string of the molecule is Cc1ccc(-c2cn(CC(=O)N3CCCN(c4ncccn4)CC3)c(=O)o2)cc1. The number of aryl methyl sites for hydroxylation is 1. The molecule has 0 unspecified atom stereocenters. The van der Waals surface area contributed by atoms with E-state index in [-0.39, 0.29) is 12.5 Å². The first-order chi connectivity index (χ1) is 14.1. The van der Waals surface area contributed by atoms with Crippen LogP contribution in [-0.2, 0) is 11.3 Å². The van der Waals surface area contributed by atoms with Crippen LogP contribution in [0.25, 0.3) is 11.3 Å². The van der Waals surface area contributed by atoms with Crippen LogP contribution in [0.4, 0.5) is 5.95 Å². The van der Waals surface area contributed by atoms with Crippen LogP contribution in [0, 0.1) is 6.92 Å². The molecule has 1 fully saturated rings. The van der Waals surface area contributed by atoms with Crippen molar-refractivity contribution in [2.75, 3.05) is 31.1 Å². The fraction of sp³-hybridized carbons (Fsp3) is 0.333. The summed E-state index contributed by atoms with van der Waals surface area (Å²) in [5, 5.41) is 0. The molecule has 8 heteroatoms. The number of aromatic nitrogens is 3. The molecule has 4 rings (SSSR count). The van der Waals surface area contributed by atoms with Crippen molar-refractivity contribution in [2.24, 2.45) is 0 Å². The fourth-order valence-corrected chi connectivity index (χ4v) is 3.40. The van der Waals surface area contributed by atoms with E-state index in [0.717, 1.165) is 24.1 Å². The number of carbonyl (C=O) groups excluding carboxylic acids is 1. The Morgan fingerprint density at radius 2 is 1.83 bits per heavy atom. The Morgan fingerprint density at radius 3 is 2.59 bits per heavy atom. The summed E-state index contributed by atoms with van der Waals surface area (Å²) in [5.74, 6) is 0.518. The molecular weight excluding hydrogens is 370 g/mol. The smallest absolute Gasteiger partial charge is 0.408 e. The maximum absolute atomic E-state index is 12.8. The van der Waals surface area contributed by atoms with E-state index in [0.29, 0.717) is 31.3 Å². The second-order valence-electron chi connectivity index (χ2n) is 7.13. The summed E-state index contributed by atoms with van der Waals surface area (Å²) in [4.78, 5) is 37.4. The fourth-order valence-electron chi connectivity index (χ4n) is 3.40. The molecule has 0 saturated carbocycles. The number of anilines is 1. The van der Waals surface area contributed by atoms with Gasteiger partial charge in [0.15, 0.2) is 5.76 Å². The van der Waals surface area contributed by atoms with Crippen LogP contribution in [0.15, 0.2) is 58.1 Å². The van der Waals surface area contributed by atoms with Crippen molar-refractivity contribution >= 4 is 11.9 Å². The van der Waals surface area contributed by atoms with Gasteiger partial charge in [-0.15, -0.1) is 0 Å². The average molecular weight is 393 g/mol. The maximum Gasteiger partial charge on any atom is 0.419 e. The highest BCUT2D eigenvalue weighted by Gasteiger charge is 2.21. The lowest BCUT2D eigenvalue weighted by molar-refractivity contribution is -0.131. The van der Waals surface area contributed by atoms with Gasteiger partial charge < -0.3 is 14.2 Å². The largest absolute Gasteiger partial charge is 0.419 e. The zero-order valence-corrected chi connectivity index (χ0v) is 16.3. The minimum atomic E-state index is -0.525. The zero-order valence-electron chi connectivity index (χ0n) is 16.3. The van der Waals surface area contributed by atoms with Gasteiger partial charge in [-0.2, -0.15) is 0 Å². The number of hydrogen-bond donors (Lipinski definition) is 0. The molecule has 1 saturated heterocycles. The van der Waals surface area contributed by atoms with Crippen molar-refractivity contribution in [3.63, 3.8) is 0 Å². The first-order valence-electron chi connectivity index (χ1n) is 9.67. The molecule has 0 spiro atoms. The number of amides is 1. The standard InChI is InChI=1S/C21H23N5O3/c1-16-4-6-17(7-5-16)18-14-26(21(28)29-18)15-19(27)24-10-3-11-25(13-12-24)20-22-8-2-9-23-20/h2,4-9,14H,3,10-13,15H2,1H3. The second-order valence-corrected chi connectivity index (χ2v) is 7.13. The van der Waals surface area contributed by atoms with Crippen LogP contribution < -0.4 is 10.7 Å². The van der Waals surface area contributed by atoms with Gasteiger partial charge in [0.2, 0.25) is 11.9 Å². The summed E-state index contributed by atoms with van der Waals surface area (Å²) in [5.41, 5.74) is 1.94. The predicted molar refractivity (Wildman–Crippen MR) is 109 cm³/mol. The molecule has 0 radical (unpaired) electrons. The zero-order chi connectivity index (χ0) is 20.2. The third-order valence-electron chi connectivity index (χ3n) is 5.03. The van der Waals surface area contributed by atoms with Gasteiger partial charge in [0.25, 0.3) is 0 Å². The Morgan fingerprint density at radius 1 is 1.07 bits per heavy atom. The van der Waals surface area contributed by atoms with Crippen molar-refractivity contribution < 1.29 is 9.21 Å². The highest BCUT2D eigenvalue weighted by atomic mass is 16.4. The van der Waals surface area contributed by atoms with Crippen molar-refractivity contribution in [3.05, 3.63) is 65.0 Å². The van der Waals surface area contributed by atoms with Crippen LogP contribution in [0.1, 0.15) is 12.0 Å². The second kappa shape index (κ2) is 8.30. The Bertz CT molecular complexity index is 1030. The lowest BCUT2D eigenvalue weighted by Crippen LogP contribution is -2.38. The minimum absolute atomic E-state index is 0.0317. The van der Waals surface area contributed by atoms with Gasteiger partial charge in [0, 0.05) is 44.1 Å². The molecular formula is C21H23N5O3. The molecule has 3 heterocycles. The summed E-state index contributed by atoms with van der Waals surface area (Å²) in [7, 11) is 0. The lowest BCUT2D eigenvalue weighted by Gasteiger charge is -2.22. The van der Waals surface area contributed by atoms with Crippen molar-refractivity contribution in [1.82, 2.24) is 19.4 Å².